The molecule has 4 rings (SSSR count). The maximum absolute atomic E-state index is 12.2. The van der Waals surface area contributed by atoms with Crippen LogP contribution in [0.4, 0.5) is 5.69 Å². The Morgan fingerprint density at radius 2 is 2.00 bits per heavy atom. The van der Waals surface area contributed by atoms with Crippen molar-refractivity contribution in [3.63, 3.8) is 0 Å². The average Bonchev–Trinajstić information content (AvgIpc) is 3.45. The van der Waals surface area contributed by atoms with E-state index in [4.69, 9.17) is 13.4 Å². The number of benzene rings is 1. The van der Waals surface area contributed by atoms with Gasteiger partial charge in [0.05, 0.1) is 12.0 Å². The smallest absolute Gasteiger partial charge is 0.284 e. The lowest BCUT2D eigenvalue weighted by molar-refractivity contribution is -0.116. The lowest BCUT2D eigenvalue weighted by Gasteiger charge is -2.06. The molecule has 10 heteroatoms. The predicted molar refractivity (Wildman–Crippen MR) is 109 cm³/mol. The van der Waals surface area contributed by atoms with E-state index in [0.717, 1.165) is 16.8 Å². The van der Waals surface area contributed by atoms with Gasteiger partial charge in [-0.3, -0.25) is 4.79 Å². The molecule has 0 aliphatic carbocycles. The van der Waals surface area contributed by atoms with Crippen molar-refractivity contribution in [2.75, 3.05) is 5.32 Å². The average molecular weight is 425 g/mol. The minimum Gasteiger partial charge on any atom is -0.459 e. The topological polar surface area (TPSA) is 120 Å². The standard InChI is InChI=1S/C20H19N5O4S/c1-12-8-13(2)10-14(9-12)21-17(26)5-6-18-22-16(25-29-18)11-30-20-24-23-19(28-20)15-4-3-7-27-15/h3-4,7-10H,5-6,11H2,1-2H3,(H,21,26). The maximum atomic E-state index is 12.2. The Kier molecular flexibility index (Phi) is 5.94. The van der Waals surface area contributed by atoms with Gasteiger partial charge >= 0.3 is 0 Å². The summed E-state index contributed by atoms with van der Waals surface area (Å²) in [4.78, 5) is 16.5. The summed E-state index contributed by atoms with van der Waals surface area (Å²) in [7, 11) is 0. The van der Waals surface area contributed by atoms with E-state index in [1.54, 1.807) is 12.1 Å². The molecule has 0 spiro atoms. The van der Waals surface area contributed by atoms with Gasteiger partial charge in [0, 0.05) is 18.5 Å². The summed E-state index contributed by atoms with van der Waals surface area (Å²) in [6.45, 7) is 3.99. The zero-order valence-corrected chi connectivity index (χ0v) is 17.2. The third kappa shape index (κ3) is 5.15. The Balaban J connectivity index is 1.25. The Morgan fingerprint density at radius 3 is 2.77 bits per heavy atom. The van der Waals surface area contributed by atoms with Crippen LogP contribution in [0.15, 0.2) is 55.2 Å². The Bertz CT molecular complexity index is 1120. The van der Waals surface area contributed by atoms with E-state index in [9.17, 15) is 4.79 Å². The Hall–Kier alpha value is -3.40. The van der Waals surface area contributed by atoms with E-state index < -0.39 is 0 Å². The fraction of sp³-hybridized carbons (Fsp3) is 0.250. The number of aromatic nitrogens is 4. The molecule has 1 amide bonds. The number of amides is 1. The minimum atomic E-state index is -0.106. The van der Waals surface area contributed by atoms with Crippen LogP contribution < -0.4 is 5.32 Å². The number of aryl methyl sites for hydroxylation is 3. The highest BCUT2D eigenvalue weighted by Crippen LogP contribution is 2.25. The molecule has 0 atom stereocenters. The number of nitrogens with zero attached hydrogens (tertiary/aromatic N) is 4. The third-order valence-corrected chi connectivity index (χ3v) is 4.86. The van der Waals surface area contributed by atoms with Gasteiger partial charge in [-0.15, -0.1) is 10.2 Å². The first-order chi connectivity index (χ1) is 14.5. The number of thioether (sulfide) groups is 1. The van der Waals surface area contributed by atoms with E-state index in [1.165, 1.54) is 18.0 Å². The molecule has 4 aromatic rings. The first-order valence-electron chi connectivity index (χ1n) is 9.25. The van der Waals surface area contributed by atoms with Crippen LogP contribution in [-0.4, -0.2) is 26.2 Å². The molecule has 3 heterocycles. The molecule has 0 saturated carbocycles. The Morgan fingerprint density at radius 1 is 1.17 bits per heavy atom. The SMILES string of the molecule is Cc1cc(C)cc(NC(=O)CCc2nc(CSc3nnc(-c4ccco4)o3)no2)c1. The molecule has 1 N–H and O–H groups in total. The van der Waals surface area contributed by atoms with Crippen molar-refractivity contribution >= 4 is 23.4 Å². The molecular weight excluding hydrogens is 406 g/mol. The molecule has 0 fully saturated rings. The number of nitrogens with one attached hydrogen (secondary N) is 1. The summed E-state index contributed by atoms with van der Waals surface area (Å²) < 4.78 is 16.0. The molecule has 0 radical (unpaired) electrons. The quantitative estimate of drug-likeness (QED) is 0.414. The molecule has 154 valence electrons. The molecule has 1 aromatic carbocycles. The van der Waals surface area contributed by atoms with Crippen molar-refractivity contribution < 1.29 is 18.2 Å². The number of carbonyl (C=O) groups excluding carboxylic acids is 1. The molecule has 3 aromatic heterocycles. The van der Waals surface area contributed by atoms with E-state index >= 15 is 0 Å². The number of anilines is 1. The number of hydrogen-bond donors (Lipinski definition) is 1. The van der Waals surface area contributed by atoms with E-state index in [2.05, 4.69) is 31.7 Å². The van der Waals surface area contributed by atoms with Crippen LogP contribution in [0, 0.1) is 13.8 Å². The largest absolute Gasteiger partial charge is 0.459 e. The van der Waals surface area contributed by atoms with Crippen molar-refractivity contribution in [1.29, 1.82) is 0 Å². The lowest BCUT2D eigenvalue weighted by atomic mass is 10.1. The zero-order valence-electron chi connectivity index (χ0n) is 16.4. The number of furan rings is 1. The highest BCUT2D eigenvalue weighted by molar-refractivity contribution is 7.98. The third-order valence-electron chi connectivity index (χ3n) is 4.04. The van der Waals surface area contributed by atoms with Gasteiger partial charge < -0.3 is 18.7 Å². The number of rotatable bonds is 8. The van der Waals surface area contributed by atoms with Crippen LogP contribution >= 0.6 is 11.8 Å². The minimum absolute atomic E-state index is 0.106. The maximum Gasteiger partial charge on any atom is 0.284 e. The molecule has 0 aliphatic rings. The van der Waals surface area contributed by atoms with Crippen molar-refractivity contribution in [3.8, 4) is 11.7 Å². The highest BCUT2D eigenvalue weighted by Gasteiger charge is 2.14. The van der Waals surface area contributed by atoms with Gasteiger partial charge in [0.2, 0.25) is 11.8 Å². The fourth-order valence-electron chi connectivity index (χ4n) is 2.84. The second-order valence-electron chi connectivity index (χ2n) is 6.67. The second kappa shape index (κ2) is 8.95. The van der Waals surface area contributed by atoms with Crippen LogP contribution in [0.2, 0.25) is 0 Å². The zero-order chi connectivity index (χ0) is 20.9. The van der Waals surface area contributed by atoms with Gasteiger partial charge in [0.25, 0.3) is 11.1 Å². The summed E-state index contributed by atoms with van der Waals surface area (Å²) in [5.41, 5.74) is 2.98. The van der Waals surface area contributed by atoms with Crippen LogP contribution in [0.5, 0.6) is 0 Å². The van der Waals surface area contributed by atoms with E-state index in [1.807, 2.05) is 26.0 Å². The fourth-order valence-corrected chi connectivity index (χ4v) is 3.44. The summed E-state index contributed by atoms with van der Waals surface area (Å²) in [6.07, 6.45) is 2.14. The number of hydrogen-bond acceptors (Lipinski definition) is 9. The van der Waals surface area contributed by atoms with E-state index in [0.29, 0.717) is 40.8 Å². The highest BCUT2D eigenvalue weighted by atomic mass is 32.2. The normalized spacial score (nSPS) is 11.0. The van der Waals surface area contributed by atoms with Crippen LogP contribution in [0.3, 0.4) is 0 Å². The van der Waals surface area contributed by atoms with Crippen LogP contribution in [0.1, 0.15) is 29.3 Å². The van der Waals surface area contributed by atoms with Crippen molar-refractivity contribution in [2.45, 2.75) is 37.7 Å². The first-order valence-corrected chi connectivity index (χ1v) is 10.2. The second-order valence-corrected chi connectivity index (χ2v) is 7.59. The predicted octanol–water partition coefficient (Wildman–Crippen LogP) is 4.19. The van der Waals surface area contributed by atoms with Crippen molar-refractivity contribution in [3.05, 3.63) is 59.4 Å². The first kappa shape index (κ1) is 19.9. The monoisotopic (exact) mass is 425 g/mol. The Labute approximate surface area is 176 Å². The molecule has 0 unspecified atom stereocenters. The van der Waals surface area contributed by atoms with Crippen molar-refractivity contribution in [1.82, 2.24) is 20.3 Å². The number of carbonyl (C=O) groups is 1. The summed E-state index contributed by atoms with van der Waals surface area (Å²) in [5.74, 6) is 2.01. The molecule has 0 bridgehead atoms. The van der Waals surface area contributed by atoms with Gasteiger partial charge in [-0.2, -0.15) is 4.98 Å². The van der Waals surface area contributed by atoms with Gasteiger partial charge in [0.1, 0.15) is 0 Å². The van der Waals surface area contributed by atoms with Crippen LogP contribution in [0.25, 0.3) is 11.7 Å². The summed E-state index contributed by atoms with van der Waals surface area (Å²) in [5, 5.41) is 15.1. The molecule has 0 saturated heterocycles. The lowest BCUT2D eigenvalue weighted by Crippen LogP contribution is -2.12. The molecule has 9 nitrogen and oxygen atoms in total. The van der Waals surface area contributed by atoms with Gasteiger partial charge in [-0.1, -0.05) is 23.0 Å². The molecular formula is C20H19N5O4S. The van der Waals surface area contributed by atoms with Crippen molar-refractivity contribution in [2.24, 2.45) is 0 Å². The van der Waals surface area contributed by atoms with Gasteiger partial charge in [-0.25, -0.2) is 0 Å². The summed E-state index contributed by atoms with van der Waals surface area (Å²) >= 11 is 1.29. The van der Waals surface area contributed by atoms with Gasteiger partial charge in [0.15, 0.2) is 11.6 Å². The molecule has 30 heavy (non-hydrogen) atoms. The van der Waals surface area contributed by atoms with E-state index in [-0.39, 0.29) is 12.3 Å². The van der Waals surface area contributed by atoms with Crippen LogP contribution in [-0.2, 0) is 17.0 Å². The molecule has 0 aliphatic heterocycles. The summed E-state index contributed by atoms with van der Waals surface area (Å²) in [6, 6.07) is 9.41. The van der Waals surface area contributed by atoms with Gasteiger partial charge in [-0.05, 0) is 49.2 Å².